The Morgan fingerprint density at radius 3 is 2.58 bits per heavy atom. The van der Waals surface area contributed by atoms with Gasteiger partial charge in [0.15, 0.2) is 17.2 Å². The SMILES string of the molecule is CCOC(=O)c1nn(-c2ccc(C)cc2)c(=O)cc1NC(=O)c1ccc2c(c1)OCO2. The lowest BCUT2D eigenvalue weighted by Crippen LogP contribution is -2.27. The summed E-state index contributed by atoms with van der Waals surface area (Å²) in [4.78, 5) is 37.9. The van der Waals surface area contributed by atoms with E-state index in [0.29, 0.717) is 17.2 Å². The van der Waals surface area contributed by atoms with E-state index in [1.165, 1.54) is 6.07 Å². The predicted molar refractivity (Wildman–Crippen MR) is 111 cm³/mol. The quantitative estimate of drug-likeness (QED) is 0.631. The fraction of sp³-hybridized carbons (Fsp3) is 0.182. The van der Waals surface area contributed by atoms with Gasteiger partial charge in [-0.1, -0.05) is 17.7 Å². The zero-order valence-corrected chi connectivity index (χ0v) is 16.9. The Kier molecular flexibility index (Phi) is 5.40. The molecule has 0 bridgehead atoms. The van der Waals surface area contributed by atoms with E-state index >= 15 is 0 Å². The molecule has 0 spiro atoms. The third-order valence-electron chi connectivity index (χ3n) is 4.56. The first-order valence-electron chi connectivity index (χ1n) is 9.56. The van der Waals surface area contributed by atoms with Crippen molar-refractivity contribution in [2.75, 3.05) is 18.7 Å². The molecule has 9 nitrogen and oxygen atoms in total. The Hall–Kier alpha value is -4.14. The molecule has 1 aliphatic heterocycles. The normalized spacial score (nSPS) is 11.8. The molecular weight excluding hydrogens is 402 g/mol. The number of hydrogen-bond acceptors (Lipinski definition) is 7. The highest BCUT2D eigenvalue weighted by molar-refractivity contribution is 6.07. The van der Waals surface area contributed by atoms with Crippen molar-refractivity contribution in [2.45, 2.75) is 13.8 Å². The summed E-state index contributed by atoms with van der Waals surface area (Å²) in [5.41, 5.74) is 1.01. The Morgan fingerprint density at radius 2 is 1.84 bits per heavy atom. The molecule has 9 heteroatoms. The fourth-order valence-electron chi connectivity index (χ4n) is 3.00. The molecule has 0 saturated heterocycles. The van der Waals surface area contributed by atoms with Gasteiger partial charge in [0.1, 0.15) is 0 Å². The van der Waals surface area contributed by atoms with E-state index in [1.807, 2.05) is 19.1 Å². The van der Waals surface area contributed by atoms with Gasteiger partial charge >= 0.3 is 5.97 Å². The number of aryl methyl sites for hydroxylation is 1. The van der Waals surface area contributed by atoms with Gasteiger partial charge in [0.2, 0.25) is 6.79 Å². The summed E-state index contributed by atoms with van der Waals surface area (Å²) in [5, 5.41) is 6.74. The van der Waals surface area contributed by atoms with Crippen LogP contribution in [0.3, 0.4) is 0 Å². The maximum atomic E-state index is 12.8. The summed E-state index contributed by atoms with van der Waals surface area (Å²) in [5.74, 6) is -0.334. The molecule has 31 heavy (non-hydrogen) atoms. The highest BCUT2D eigenvalue weighted by Crippen LogP contribution is 2.32. The van der Waals surface area contributed by atoms with E-state index in [-0.39, 0.29) is 30.3 Å². The lowest BCUT2D eigenvalue weighted by molar-refractivity contribution is 0.0518. The second-order valence-electron chi connectivity index (χ2n) is 6.73. The molecule has 1 aliphatic rings. The zero-order valence-electron chi connectivity index (χ0n) is 16.9. The minimum absolute atomic E-state index is 0.0468. The molecule has 2 aromatic carbocycles. The number of nitrogens with zero attached hydrogens (tertiary/aromatic N) is 2. The molecule has 0 unspecified atom stereocenters. The van der Waals surface area contributed by atoms with Crippen LogP contribution in [0.4, 0.5) is 5.69 Å². The fourth-order valence-corrected chi connectivity index (χ4v) is 3.00. The molecule has 1 amide bonds. The maximum absolute atomic E-state index is 12.8. The first-order valence-corrected chi connectivity index (χ1v) is 9.56. The second-order valence-corrected chi connectivity index (χ2v) is 6.73. The number of anilines is 1. The molecule has 0 atom stereocenters. The summed E-state index contributed by atoms with van der Waals surface area (Å²) in [6.07, 6.45) is 0. The van der Waals surface area contributed by atoms with Gasteiger partial charge in [0.25, 0.3) is 11.5 Å². The van der Waals surface area contributed by atoms with E-state index < -0.39 is 17.4 Å². The van der Waals surface area contributed by atoms with Crippen LogP contribution in [0.1, 0.15) is 33.3 Å². The number of esters is 1. The van der Waals surface area contributed by atoms with Crippen molar-refractivity contribution < 1.29 is 23.8 Å². The van der Waals surface area contributed by atoms with Crippen LogP contribution in [-0.2, 0) is 4.74 Å². The first-order chi connectivity index (χ1) is 15.0. The molecule has 1 N–H and O–H groups in total. The van der Waals surface area contributed by atoms with Crippen LogP contribution in [0.5, 0.6) is 11.5 Å². The van der Waals surface area contributed by atoms with Gasteiger partial charge in [-0.05, 0) is 44.2 Å². The van der Waals surface area contributed by atoms with Gasteiger partial charge in [-0.3, -0.25) is 9.59 Å². The summed E-state index contributed by atoms with van der Waals surface area (Å²) in [6, 6.07) is 12.9. The molecule has 0 fully saturated rings. The summed E-state index contributed by atoms with van der Waals surface area (Å²) < 4.78 is 16.7. The van der Waals surface area contributed by atoms with Crippen molar-refractivity contribution in [2.24, 2.45) is 0 Å². The monoisotopic (exact) mass is 421 g/mol. The molecule has 4 rings (SSSR count). The highest BCUT2D eigenvalue weighted by atomic mass is 16.7. The third kappa shape index (κ3) is 4.11. The number of amides is 1. The van der Waals surface area contributed by atoms with E-state index in [0.717, 1.165) is 16.3 Å². The largest absolute Gasteiger partial charge is 0.461 e. The Bertz CT molecular complexity index is 1220. The average Bonchev–Trinajstić information content (AvgIpc) is 3.23. The first kappa shape index (κ1) is 20.1. The van der Waals surface area contributed by atoms with Gasteiger partial charge < -0.3 is 19.5 Å². The molecule has 1 aromatic heterocycles. The Morgan fingerprint density at radius 1 is 1.10 bits per heavy atom. The number of fused-ring (bicyclic) bond motifs is 1. The lowest BCUT2D eigenvalue weighted by atomic mass is 10.2. The highest BCUT2D eigenvalue weighted by Gasteiger charge is 2.22. The molecule has 158 valence electrons. The van der Waals surface area contributed by atoms with Crippen LogP contribution >= 0.6 is 0 Å². The van der Waals surface area contributed by atoms with Crippen molar-refractivity contribution in [3.8, 4) is 17.2 Å². The number of hydrogen-bond donors (Lipinski definition) is 1. The smallest absolute Gasteiger partial charge is 0.360 e. The van der Waals surface area contributed by atoms with Gasteiger partial charge in [-0.15, -0.1) is 0 Å². The van der Waals surface area contributed by atoms with Gasteiger partial charge in [-0.25, -0.2) is 4.79 Å². The third-order valence-corrected chi connectivity index (χ3v) is 4.56. The standard InChI is InChI=1S/C22H19N3O6/c1-3-29-22(28)20-16(11-19(26)25(24-20)15-7-4-13(2)5-8-15)23-21(27)14-6-9-17-18(10-14)31-12-30-17/h4-11H,3,12H2,1-2H3,(H,23,27). The molecule has 0 radical (unpaired) electrons. The van der Waals surface area contributed by atoms with E-state index in [2.05, 4.69) is 10.4 Å². The molecule has 3 aromatic rings. The summed E-state index contributed by atoms with van der Waals surface area (Å²) in [7, 11) is 0. The minimum Gasteiger partial charge on any atom is -0.461 e. The zero-order chi connectivity index (χ0) is 22.0. The molecule has 2 heterocycles. The van der Waals surface area contributed by atoms with Crippen molar-refractivity contribution >= 4 is 17.6 Å². The Labute approximate surface area is 177 Å². The minimum atomic E-state index is -0.760. The number of rotatable bonds is 5. The van der Waals surface area contributed by atoms with Gasteiger partial charge in [0, 0.05) is 11.6 Å². The van der Waals surface area contributed by atoms with Crippen LogP contribution in [0.25, 0.3) is 5.69 Å². The van der Waals surface area contributed by atoms with Crippen LogP contribution in [0, 0.1) is 6.92 Å². The second kappa shape index (κ2) is 8.31. The van der Waals surface area contributed by atoms with Gasteiger partial charge in [0.05, 0.1) is 18.0 Å². The van der Waals surface area contributed by atoms with Crippen LogP contribution in [-0.4, -0.2) is 35.1 Å². The van der Waals surface area contributed by atoms with Crippen LogP contribution in [0.15, 0.2) is 53.3 Å². The summed E-state index contributed by atoms with van der Waals surface area (Å²) >= 11 is 0. The number of carbonyl (C=O) groups excluding carboxylic acids is 2. The average molecular weight is 421 g/mol. The number of benzene rings is 2. The van der Waals surface area contributed by atoms with E-state index in [1.54, 1.807) is 31.2 Å². The Balaban J connectivity index is 1.71. The van der Waals surface area contributed by atoms with E-state index in [4.69, 9.17) is 14.2 Å². The van der Waals surface area contributed by atoms with Gasteiger partial charge in [-0.2, -0.15) is 9.78 Å². The van der Waals surface area contributed by atoms with Crippen molar-refractivity contribution in [3.05, 3.63) is 75.7 Å². The van der Waals surface area contributed by atoms with E-state index in [9.17, 15) is 14.4 Å². The molecule has 0 aliphatic carbocycles. The molecular formula is C22H19N3O6. The summed E-state index contributed by atoms with van der Waals surface area (Å²) in [6.45, 7) is 3.76. The maximum Gasteiger partial charge on any atom is 0.360 e. The van der Waals surface area contributed by atoms with Crippen molar-refractivity contribution in [1.82, 2.24) is 9.78 Å². The predicted octanol–water partition coefficient (Wildman–Crippen LogP) is 2.70. The number of carbonyl (C=O) groups is 2. The van der Waals surface area contributed by atoms with Crippen LogP contribution in [0.2, 0.25) is 0 Å². The lowest BCUT2D eigenvalue weighted by Gasteiger charge is -2.13. The van der Waals surface area contributed by atoms with Crippen LogP contribution < -0.4 is 20.3 Å². The van der Waals surface area contributed by atoms with Crippen molar-refractivity contribution in [1.29, 1.82) is 0 Å². The number of nitrogens with one attached hydrogen (secondary N) is 1. The van der Waals surface area contributed by atoms with Crippen molar-refractivity contribution in [3.63, 3.8) is 0 Å². The topological polar surface area (TPSA) is 109 Å². The molecule has 0 saturated carbocycles. The number of aromatic nitrogens is 2. The number of ether oxygens (including phenoxy) is 3.